The molecule has 1 N–H and O–H groups in total. The van der Waals surface area contributed by atoms with Crippen molar-refractivity contribution in [3.05, 3.63) is 35.9 Å². The van der Waals surface area contributed by atoms with Crippen molar-refractivity contribution >= 4 is 0 Å². The molecule has 0 fully saturated rings. The molecule has 0 amide bonds. The zero-order valence-electron chi connectivity index (χ0n) is 13.6. The van der Waals surface area contributed by atoms with Gasteiger partial charge in [-0.05, 0) is 37.8 Å². The van der Waals surface area contributed by atoms with Crippen molar-refractivity contribution in [3.63, 3.8) is 0 Å². The summed E-state index contributed by atoms with van der Waals surface area (Å²) in [4.78, 5) is 0. The molecule has 0 aliphatic rings. The van der Waals surface area contributed by atoms with Crippen molar-refractivity contribution in [2.45, 2.75) is 46.0 Å². The lowest BCUT2D eigenvalue weighted by molar-refractivity contribution is 0.122. The third kappa shape index (κ3) is 5.26. The van der Waals surface area contributed by atoms with Crippen LogP contribution in [0.1, 0.15) is 46.1 Å². The normalized spacial score (nSPS) is 14.4. The fourth-order valence-corrected chi connectivity index (χ4v) is 2.64. The molecule has 0 saturated heterocycles. The third-order valence-electron chi connectivity index (χ3n) is 4.01. The van der Waals surface area contributed by atoms with Crippen LogP contribution in [0.15, 0.2) is 30.3 Å². The molecule has 0 spiro atoms. The summed E-state index contributed by atoms with van der Waals surface area (Å²) in [6, 6.07) is 10.9. The maximum absolute atomic E-state index is 5.61. The van der Waals surface area contributed by atoms with E-state index in [1.54, 1.807) is 0 Å². The Balaban J connectivity index is 2.79. The van der Waals surface area contributed by atoms with Gasteiger partial charge in [-0.25, -0.2) is 0 Å². The lowest BCUT2D eigenvalue weighted by Crippen LogP contribution is -2.40. The summed E-state index contributed by atoms with van der Waals surface area (Å²) in [5, 5.41) is 3.65. The first-order valence-corrected chi connectivity index (χ1v) is 7.98. The third-order valence-corrected chi connectivity index (χ3v) is 4.01. The number of nitrogens with one attached hydrogen (secondary N) is 1. The molecule has 2 heteroatoms. The first-order valence-electron chi connectivity index (χ1n) is 7.98. The number of hydrogen-bond acceptors (Lipinski definition) is 2. The number of hydrogen-bond donors (Lipinski definition) is 1. The van der Waals surface area contributed by atoms with Gasteiger partial charge in [0.15, 0.2) is 0 Å². The molecule has 114 valence electrons. The number of ether oxygens (including phenoxy) is 1. The van der Waals surface area contributed by atoms with Crippen molar-refractivity contribution in [2.24, 2.45) is 5.92 Å². The number of rotatable bonds is 10. The largest absolute Gasteiger partial charge is 0.382 e. The van der Waals surface area contributed by atoms with Crippen molar-refractivity contribution in [1.82, 2.24) is 5.32 Å². The van der Waals surface area contributed by atoms with Gasteiger partial charge in [-0.2, -0.15) is 0 Å². The summed E-state index contributed by atoms with van der Waals surface area (Å²) in [7, 11) is 0. The van der Waals surface area contributed by atoms with Crippen LogP contribution in [0.4, 0.5) is 0 Å². The molecule has 0 aromatic heterocycles. The molecule has 0 bridgehead atoms. The lowest BCUT2D eigenvalue weighted by Gasteiger charge is -2.34. The molecule has 2 nitrogen and oxygen atoms in total. The summed E-state index contributed by atoms with van der Waals surface area (Å²) < 4.78 is 5.61. The van der Waals surface area contributed by atoms with Crippen LogP contribution in [0, 0.1) is 5.92 Å². The molecule has 0 aliphatic carbocycles. The van der Waals surface area contributed by atoms with Gasteiger partial charge in [-0.1, -0.05) is 51.1 Å². The summed E-state index contributed by atoms with van der Waals surface area (Å²) in [5.74, 6) is 0.687. The number of benzene rings is 1. The van der Waals surface area contributed by atoms with Gasteiger partial charge in [-0.3, -0.25) is 0 Å². The van der Waals surface area contributed by atoms with Crippen LogP contribution < -0.4 is 5.32 Å². The van der Waals surface area contributed by atoms with Gasteiger partial charge in [0.1, 0.15) is 0 Å². The monoisotopic (exact) mass is 277 g/mol. The SMILES string of the molecule is CCOCCC(CC)(CNCC(C)C)c1ccccc1. The molecule has 1 aromatic carbocycles. The highest BCUT2D eigenvalue weighted by Crippen LogP contribution is 2.31. The molecule has 1 rings (SSSR count). The molecule has 1 aromatic rings. The lowest BCUT2D eigenvalue weighted by atomic mass is 9.75. The standard InChI is InChI=1S/C18H31NO/c1-5-18(12-13-20-6-2,15-19-14-16(3)4)17-10-8-7-9-11-17/h7-11,16,19H,5-6,12-15H2,1-4H3. The topological polar surface area (TPSA) is 21.3 Å². The molecular formula is C18H31NO. The molecule has 0 radical (unpaired) electrons. The van der Waals surface area contributed by atoms with E-state index in [4.69, 9.17) is 4.74 Å². The minimum absolute atomic E-state index is 0.186. The van der Waals surface area contributed by atoms with Crippen molar-refractivity contribution < 1.29 is 4.74 Å². The van der Waals surface area contributed by atoms with E-state index in [2.05, 4.69) is 63.3 Å². The van der Waals surface area contributed by atoms with Gasteiger partial charge in [0.05, 0.1) is 0 Å². The Bertz CT molecular complexity index is 350. The van der Waals surface area contributed by atoms with E-state index in [1.165, 1.54) is 5.56 Å². The summed E-state index contributed by atoms with van der Waals surface area (Å²) in [6.45, 7) is 12.6. The second-order valence-electron chi connectivity index (χ2n) is 5.97. The minimum Gasteiger partial charge on any atom is -0.382 e. The van der Waals surface area contributed by atoms with Gasteiger partial charge in [0.25, 0.3) is 0 Å². The van der Waals surface area contributed by atoms with Crippen LogP contribution in [0.3, 0.4) is 0 Å². The molecule has 0 saturated carbocycles. The van der Waals surface area contributed by atoms with Crippen LogP contribution in [-0.4, -0.2) is 26.3 Å². The Morgan fingerprint density at radius 2 is 1.85 bits per heavy atom. The van der Waals surface area contributed by atoms with Crippen LogP contribution in [0.5, 0.6) is 0 Å². The van der Waals surface area contributed by atoms with Gasteiger partial charge in [-0.15, -0.1) is 0 Å². The van der Waals surface area contributed by atoms with Crippen LogP contribution in [-0.2, 0) is 10.2 Å². The molecule has 20 heavy (non-hydrogen) atoms. The second kappa shape index (κ2) is 9.15. The highest BCUT2D eigenvalue weighted by atomic mass is 16.5. The van der Waals surface area contributed by atoms with E-state index in [1.807, 2.05) is 0 Å². The summed E-state index contributed by atoms with van der Waals surface area (Å²) >= 11 is 0. The van der Waals surface area contributed by atoms with Gasteiger partial charge >= 0.3 is 0 Å². The van der Waals surface area contributed by atoms with E-state index in [0.717, 1.165) is 39.1 Å². The highest BCUT2D eigenvalue weighted by molar-refractivity contribution is 5.26. The quantitative estimate of drug-likeness (QED) is 0.653. The van der Waals surface area contributed by atoms with Crippen LogP contribution >= 0.6 is 0 Å². The Morgan fingerprint density at radius 1 is 1.15 bits per heavy atom. The Hall–Kier alpha value is -0.860. The maximum atomic E-state index is 5.61. The van der Waals surface area contributed by atoms with Crippen molar-refractivity contribution in [3.8, 4) is 0 Å². The molecule has 1 atom stereocenters. The first kappa shape index (κ1) is 17.2. The van der Waals surface area contributed by atoms with E-state index in [9.17, 15) is 0 Å². The predicted molar refractivity (Wildman–Crippen MR) is 87.2 cm³/mol. The van der Waals surface area contributed by atoms with Crippen LogP contribution in [0.25, 0.3) is 0 Å². The fraction of sp³-hybridized carbons (Fsp3) is 0.667. The van der Waals surface area contributed by atoms with E-state index in [-0.39, 0.29) is 5.41 Å². The maximum Gasteiger partial charge on any atom is 0.0474 e. The first-order chi connectivity index (χ1) is 9.64. The van der Waals surface area contributed by atoms with Gasteiger partial charge in [0.2, 0.25) is 0 Å². The molecule has 1 unspecified atom stereocenters. The predicted octanol–water partition coefficient (Wildman–Crippen LogP) is 4.01. The average Bonchev–Trinajstić information content (AvgIpc) is 2.46. The molecule has 0 heterocycles. The fourth-order valence-electron chi connectivity index (χ4n) is 2.64. The van der Waals surface area contributed by atoms with Crippen molar-refractivity contribution in [1.29, 1.82) is 0 Å². The highest BCUT2D eigenvalue weighted by Gasteiger charge is 2.29. The molecular weight excluding hydrogens is 246 g/mol. The zero-order valence-corrected chi connectivity index (χ0v) is 13.6. The van der Waals surface area contributed by atoms with E-state index in [0.29, 0.717) is 5.92 Å². The van der Waals surface area contributed by atoms with Crippen molar-refractivity contribution in [2.75, 3.05) is 26.3 Å². The van der Waals surface area contributed by atoms with Gasteiger partial charge < -0.3 is 10.1 Å². The second-order valence-corrected chi connectivity index (χ2v) is 5.97. The summed E-state index contributed by atoms with van der Waals surface area (Å²) in [5.41, 5.74) is 1.61. The van der Waals surface area contributed by atoms with Gasteiger partial charge in [0, 0.05) is 25.2 Å². The minimum atomic E-state index is 0.186. The van der Waals surface area contributed by atoms with E-state index < -0.39 is 0 Å². The Labute approximate surface area is 124 Å². The Morgan fingerprint density at radius 3 is 2.40 bits per heavy atom. The average molecular weight is 277 g/mol. The van der Waals surface area contributed by atoms with E-state index >= 15 is 0 Å². The summed E-state index contributed by atoms with van der Waals surface area (Å²) in [6.07, 6.45) is 2.21. The molecule has 0 aliphatic heterocycles. The Kier molecular flexibility index (Phi) is 7.86. The van der Waals surface area contributed by atoms with Crippen LogP contribution in [0.2, 0.25) is 0 Å². The smallest absolute Gasteiger partial charge is 0.0474 e. The zero-order chi connectivity index (χ0) is 14.8.